The average Bonchev–Trinajstić information content (AvgIpc) is 3.14. The molecule has 0 aliphatic carbocycles. The van der Waals surface area contributed by atoms with E-state index in [9.17, 15) is 4.79 Å². The summed E-state index contributed by atoms with van der Waals surface area (Å²) in [6, 6.07) is 13.4. The van der Waals surface area contributed by atoms with Crippen molar-refractivity contribution in [3.8, 4) is 5.75 Å². The van der Waals surface area contributed by atoms with Crippen LogP contribution in [0.15, 0.2) is 48.7 Å². The monoisotopic (exact) mass is 438 g/mol. The highest BCUT2D eigenvalue weighted by Gasteiger charge is 2.22. The number of methoxy groups -OCH3 is 1. The van der Waals surface area contributed by atoms with Gasteiger partial charge in [-0.15, -0.1) is 0 Å². The number of pyridine rings is 1. The summed E-state index contributed by atoms with van der Waals surface area (Å²) < 4.78 is 17.0. The number of carbonyl (C=O) groups excluding carboxylic acids is 1. The van der Waals surface area contributed by atoms with E-state index < -0.39 is 5.97 Å². The normalized spacial score (nSPS) is 12.3. The van der Waals surface area contributed by atoms with Gasteiger partial charge in [-0.25, -0.2) is 9.78 Å². The largest absolute Gasteiger partial charge is 0.485 e. The molecule has 6 nitrogen and oxygen atoms in total. The highest BCUT2D eigenvalue weighted by atomic mass is 35.5. The van der Waals surface area contributed by atoms with Crippen LogP contribution in [0.4, 0.5) is 0 Å². The lowest BCUT2D eigenvalue weighted by Crippen LogP contribution is -2.11. The van der Waals surface area contributed by atoms with Gasteiger partial charge in [0.2, 0.25) is 0 Å². The lowest BCUT2D eigenvalue weighted by molar-refractivity contribution is 0.0514. The molecule has 0 spiro atoms. The maximum Gasteiger partial charge on any atom is 0.357 e. The molecule has 2 heterocycles. The fourth-order valence-corrected chi connectivity index (χ4v) is 3.85. The Hall–Kier alpha value is -3.09. The van der Waals surface area contributed by atoms with Gasteiger partial charge in [-0.1, -0.05) is 29.8 Å². The number of carbonyl (C=O) groups is 1. The number of hydrogen-bond acceptors (Lipinski definition) is 5. The predicted molar refractivity (Wildman–Crippen MR) is 121 cm³/mol. The van der Waals surface area contributed by atoms with Crippen molar-refractivity contribution in [2.45, 2.75) is 26.6 Å². The number of halogens is 1. The van der Waals surface area contributed by atoms with Gasteiger partial charge < -0.3 is 19.2 Å². The van der Waals surface area contributed by atoms with E-state index in [1.54, 1.807) is 20.2 Å². The maximum absolute atomic E-state index is 12.5. The van der Waals surface area contributed by atoms with Crippen molar-refractivity contribution >= 4 is 39.4 Å². The van der Waals surface area contributed by atoms with Crippen LogP contribution in [0.5, 0.6) is 5.75 Å². The van der Waals surface area contributed by atoms with Crippen LogP contribution in [0.1, 0.15) is 41.6 Å². The van der Waals surface area contributed by atoms with E-state index in [0.717, 1.165) is 27.4 Å². The lowest BCUT2D eigenvalue weighted by atomic mass is 10.0. The van der Waals surface area contributed by atoms with E-state index in [-0.39, 0.29) is 25.0 Å². The first-order valence-corrected chi connectivity index (χ1v) is 10.4. The van der Waals surface area contributed by atoms with Gasteiger partial charge in [0, 0.05) is 28.5 Å². The number of benzene rings is 2. The zero-order chi connectivity index (χ0) is 22.0. The molecule has 1 unspecified atom stereocenters. The molecule has 160 valence electrons. The molecule has 0 aliphatic heterocycles. The van der Waals surface area contributed by atoms with Crippen LogP contribution in [0.3, 0.4) is 0 Å². The van der Waals surface area contributed by atoms with Crippen LogP contribution in [-0.4, -0.2) is 29.7 Å². The van der Waals surface area contributed by atoms with Crippen molar-refractivity contribution in [1.29, 1.82) is 0 Å². The number of aromatic amines is 1. The number of hydrogen-bond donors (Lipinski definition) is 1. The van der Waals surface area contributed by atoms with Gasteiger partial charge in [-0.2, -0.15) is 0 Å². The molecular weight excluding hydrogens is 416 g/mol. The van der Waals surface area contributed by atoms with Crippen molar-refractivity contribution in [3.63, 3.8) is 0 Å². The van der Waals surface area contributed by atoms with Gasteiger partial charge in [-0.3, -0.25) is 0 Å². The van der Waals surface area contributed by atoms with Crippen LogP contribution >= 0.6 is 11.6 Å². The molecular formula is C24H23ClN2O4. The van der Waals surface area contributed by atoms with Gasteiger partial charge in [-0.05, 0) is 43.7 Å². The molecule has 7 heteroatoms. The molecule has 31 heavy (non-hydrogen) atoms. The molecule has 0 bridgehead atoms. The Kier molecular flexibility index (Phi) is 6.11. The summed E-state index contributed by atoms with van der Waals surface area (Å²) in [5.74, 6) is 0.225. The molecule has 1 atom stereocenters. The standard InChI is InChI=1S/C24H23ClN2O4/c1-4-30-24(28)23-17(13-29-3)21-19(12-26-23)27-18-6-5-7-20(22(18)21)31-14(2)15-8-10-16(25)11-9-15/h5-12,14,27H,4,13H2,1-3H3. The predicted octanol–water partition coefficient (Wildman–Crippen LogP) is 5.83. The number of esters is 1. The molecule has 1 N–H and O–H groups in total. The van der Waals surface area contributed by atoms with Crippen molar-refractivity contribution in [3.05, 3.63) is 70.5 Å². The smallest absolute Gasteiger partial charge is 0.357 e. The Morgan fingerprint density at radius 1 is 1.13 bits per heavy atom. The Bertz CT molecular complexity index is 1230. The van der Waals surface area contributed by atoms with Crippen LogP contribution < -0.4 is 4.74 Å². The van der Waals surface area contributed by atoms with Gasteiger partial charge in [0.1, 0.15) is 11.9 Å². The first-order valence-electron chi connectivity index (χ1n) is 10.0. The first kappa shape index (κ1) is 21.2. The zero-order valence-corrected chi connectivity index (χ0v) is 18.3. The number of aromatic nitrogens is 2. The third-order valence-corrected chi connectivity index (χ3v) is 5.38. The number of fused-ring (bicyclic) bond motifs is 3. The fraction of sp³-hybridized carbons (Fsp3) is 0.250. The van der Waals surface area contributed by atoms with Gasteiger partial charge in [0.05, 0.1) is 30.4 Å². The molecule has 2 aromatic carbocycles. The first-order chi connectivity index (χ1) is 15.0. The zero-order valence-electron chi connectivity index (χ0n) is 17.6. The Morgan fingerprint density at radius 3 is 2.61 bits per heavy atom. The maximum atomic E-state index is 12.5. The number of H-pyrrole nitrogens is 1. The SMILES string of the molecule is CCOC(=O)c1ncc2[nH]c3cccc(OC(C)c4ccc(Cl)cc4)c3c2c1COC. The van der Waals surface area contributed by atoms with Crippen LogP contribution in [0, 0.1) is 0 Å². The van der Waals surface area contributed by atoms with Crippen molar-refractivity contribution < 1.29 is 19.0 Å². The molecule has 0 radical (unpaired) electrons. The highest BCUT2D eigenvalue weighted by molar-refractivity contribution is 6.30. The van der Waals surface area contributed by atoms with Crippen LogP contribution in [0.2, 0.25) is 5.02 Å². The summed E-state index contributed by atoms with van der Waals surface area (Å²) in [7, 11) is 1.59. The van der Waals surface area contributed by atoms with Crippen LogP contribution in [-0.2, 0) is 16.1 Å². The molecule has 0 saturated carbocycles. The summed E-state index contributed by atoms with van der Waals surface area (Å²) in [6.45, 7) is 4.24. The summed E-state index contributed by atoms with van der Waals surface area (Å²) in [6.07, 6.45) is 1.44. The summed E-state index contributed by atoms with van der Waals surface area (Å²) in [5, 5.41) is 2.39. The van der Waals surface area contributed by atoms with E-state index in [4.69, 9.17) is 25.8 Å². The van der Waals surface area contributed by atoms with Gasteiger partial charge >= 0.3 is 5.97 Å². The van der Waals surface area contributed by atoms with Crippen molar-refractivity contribution in [2.75, 3.05) is 13.7 Å². The third kappa shape index (κ3) is 4.09. The number of nitrogens with one attached hydrogen (secondary N) is 1. The minimum Gasteiger partial charge on any atom is -0.485 e. The fourth-order valence-electron chi connectivity index (χ4n) is 3.72. The molecule has 2 aromatic heterocycles. The van der Waals surface area contributed by atoms with Crippen molar-refractivity contribution in [2.24, 2.45) is 0 Å². The Balaban J connectivity index is 1.87. The van der Waals surface area contributed by atoms with E-state index in [1.165, 1.54) is 0 Å². The van der Waals surface area contributed by atoms with E-state index >= 15 is 0 Å². The second-order valence-electron chi connectivity index (χ2n) is 7.14. The lowest BCUT2D eigenvalue weighted by Gasteiger charge is -2.17. The quantitative estimate of drug-likeness (QED) is 0.367. The van der Waals surface area contributed by atoms with E-state index in [2.05, 4.69) is 9.97 Å². The number of nitrogens with zero attached hydrogens (tertiary/aromatic N) is 1. The summed E-state index contributed by atoms with van der Waals surface area (Å²) >= 11 is 6.01. The number of rotatable bonds is 7. The third-order valence-electron chi connectivity index (χ3n) is 5.13. The minimum absolute atomic E-state index is 0.204. The second kappa shape index (κ2) is 8.96. The Labute approximate surface area is 185 Å². The number of ether oxygens (including phenoxy) is 3. The molecule has 4 rings (SSSR count). The van der Waals surface area contributed by atoms with Gasteiger partial charge in [0.15, 0.2) is 5.69 Å². The molecule has 0 amide bonds. The molecule has 0 fully saturated rings. The van der Waals surface area contributed by atoms with Crippen molar-refractivity contribution in [1.82, 2.24) is 9.97 Å². The molecule has 0 aliphatic rings. The summed E-state index contributed by atoms with van der Waals surface area (Å²) in [5.41, 5.74) is 3.60. The van der Waals surface area contributed by atoms with Crippen LogP contribution in [0.25, 0.3) is 21.8 Å². The van der Waals surface area contributed by atoms with Gasteiger partial charge in [0.25, 0.3) is 0 Å². The van der Waals surface area contributed by atoms with E-state index in [1.807, 2.05) is 49.4 Å². The summed E-state index contributed by atoms with van der Waals surface area (Å²) in [4.78, 5) is 20.2. The second-order valence-corrected chi connectivity index (χ2v) is 7.58. The topological polar surface area (TPSA) is 73.4 Å². The minimum atomic E-state index is -0.473. The Morgan fingerprint density at radius 2 is 1.90 bits per heavy atom. The molecule has 0 saturated heterocycles. The average molecular weight is 439 g/mol. The van der Waals surface area contributed by atoms with E-state index in [0.29, 0.717) is 16.3 Å². The highest BCUT2D eigenvalue weighted by Crippen LogP contribution is 2.38. The molecule has 4 aromatic rings.